The molecular weight excluding hydrogens is 582 g/mol. The van der Waals surface area contributed by atoms with Crippen LogP contribution in [0.15, 0.2) is 51.2 Å². The van der Waals surface area contributed by atoms with Crippen molar-refractivity contribution in [2.45, 2.75) is 46.6 Å². The Labute approximate surface area is 252 Å². The molecule has 226 valence electrons. The number of allylic oxidation sites excluding steroid dienone is 1. The Kier molecular flexibility index (Phi) is 13.9. The lowest BCUT2D eigenvalue weighted by Crippen LogP contribution is -2.49. The predicted octanol–water partition coefficient (Wildman–Crippen LogP) is 3.79. The number of hydrogen-bond acceptors (Lipinski definition) is 6. The Morgan fingerprint density at radius 2 is 1.98 bits per heavy atom. The molecule has 42 heavy (non-hydrogen) atoms. The number of nitrogens with two attached hydrogens (primary N) is 2. The molecule has 0 bridgehead atoms. The van der Waals surface area contributed by atoms with Gasteiger partial charge in [0, 0.05) is 25.0 Å². The number of rotatable bonds is 12. The van der Waals surface area contributed by atoms with Crippen molar-refractivity contribution in [3.05, 3.63) is 63.8 Å². The molecule has 0 aromatic heterocycles. The molecule has 1 unspecified atom stereocenters. The van der Waals surface area contributed by atoms with Gasteiger partial charge < -0.3 is 21.1 Å². The number of nitrogens with one attached hydrogen (secondary N) is 2. The van der Waals surface area contributed by atoms with Crippen molar-refractivity contribution in [3.63, 3.8) is 0 Å². The second-order valence-electron chi connectivity index (χ2n) is 9.09. The smallest absolute Gasteiger partial charge is 0.324 e. The Hall–Kier alpha value is -4.02. The van der Waals surface area contributed by atoms with Crippen molar-refractivity contribution in [1.82, 2.24) is 15.5 Å². The number of carbonyl (C=O) groups excluding carboxylic acids is 2. The van der Waals surface area contributed by atoms with E-state index in [4.69, 9.17) is 27.8 Å². The molecule has 2 rings (SSSR count). The summed E-state index contributed by atoms with van der Waals surface area (Å²) in [5, 5.41) is 5.40. The van der Waals surface area contributed by atoms with Crippen molar-refractivity contribution in [2.75, 3.05) is 13.6 Å². The first-order valence-electron chi connectivity index (χ1n) is 13.1. The molecular formula is C28H37ClFN8O3P. The maximum absolute atomic E-state index is 14.4. The number of aliphatic imine (C=N–C) groups is 3. The molecule has 0 aliphatic carbocycles. The zero-order valence-corrected chi connectivity index (χ0v) is 26.0. The van der Waals surface area contributed by atoms with Gasteiger partial charge >= 0.3 is 6.03 Å². The van der Waals surface area contributed by atoms with Crippen LogP contribution in [0.5, 0.6) is 5.75 Å². The average molecular weight is 619 g/mol. The fraction of sp³-hybridized carbons (Fsp3) is 0.321. The lowest BCUT2D eigenvalue weighted by molar-refractivity contribution is -0.108. The largest absolute Gasteiger partial charge is 0.442 e. The summed E-state index contributed by atoms with van der Waals surface area (Å²) in [4.78, 5) is 38.5. The van der Waals surface area contributed by atoms with E-state index in [0.717, 1.165) is 17.5 Å². The summed E-state index contributed by atoms with van der Waals surface area (Å²) in [7, 11) is 3.75. The quantitative estimate of drug-likeness (QED) is 0.0935. The molecule has 0 saturated heterocycles. The van der Waals surface area contributed by atoms with Gasteiger partial charge in [-0.2, -0.15) is 0 Å². The van der Waals surface area contributed by atoms with Crippen molar-refractivity contribution in [2.24, 2.45) is 26.4 Å². The van der Waals surface area contributed by atoms with Crippen LogP contribution in [-0.2, 0) is 17.8 Å². The summed E-state index contributed by atoms with van der Waals surface area (Å²) in [5.74, 6) is 0.0806. The topological polar surface area (TPSA) is 160 Å². The van der Waals surface area contributed by atoms with E-state index in [9.17, 15) is 14.0 Å². The third-order valence-corrected chi connectivity index (χ3v) is 6.76. The summed E-state index contributed by atoms with van der Waals surface area (Å²) < 4.78 is 20.2. The minimum absolute atomic E-state index is 0.0649. The fourth-order valence-electron chi connectivity index (χ4n) is 3.76. The molecule has 0 aliphatic heterocycles. The van der Waals surface area contributed by atoms with Crippen molar-refractivity contribution in [1.29, 1.82) is 0 Å². The first kappa shape index (κ1) is 34.2. The molecule has 0 radical (unpaired) electrons. The zero-order chi connectivity index (χ0) is 31.2. The molecule has 6 N–H and O–H groups in total. The molecule has 11 nitrogen and oxygen atoms in total. The van der Waals surface area contributed by atoms with Crippen molar-refractivity contribution in [3.8, 4) is 5.75 Å². The minimum atomic E-state index is -0.697. The number of nitrogens with zero attached hydrogens (tertiary/aromatic N) is 4. The number of carbonyl (C=O) groups is 2. The van der Waals surface area contributed by atoms with Crippen molar-refractivity contribution < 1.29 is 18.7 Å². The van der Waals surface area contributed by atoms with Gasteiger partial charge in [-0.1, -0.05) is 37.9 Å². The van der Waals surface area contributed by atoms with Gasteiger partial charge in [0.1, 0.15) is 23.7 Å². The third kappa shape index (κ3) is 10.4. The highest BCUT2D eigenvalue weighted by atomic mass is 35.5. The van der Waals surface area contributed by atoms with Gasteiger partial charge in [0.15, 0.2) is 5.88 Å². The highest BCUT2D eigenvalue weighted by Gasteiger charge is 2.20. The third-order valence-electron chi connectivity index (χ3n) is 5.67. The van der Waals surface area contributed by atoms with E-state index in [1.807, 2.05) is 26.8 Å². The van der Waals surface area contributed by atoms with E-state index in [1.165, 1.54) is 30.4 Å². The number of urea groups is 1. The molecule has 3 amide bonds. The van der Waals surface area contributed by atoms with Crippen LogP contribution < -0.4 is 32.1 Å². The molecule has 0 saturated carbocycles. The van der Waals surface area contributed by atoms with E-state index < -0.39 is 11.8 Å². The number of guanidine groups is 1. The minimum Gasteiger partial charge on any atom is -0.442 e. The van der Waals surface area contributed by atoms with Crippen LogP contribution in [0.4, 0.5) is 14.9 Å². The maximum atomic E-state index is 14.4. The van der Waals surface area contributed by atoms with Crippen LogP contribution in [0.25, 0.3) is 0 Å². The predicted molar refractivity (Wildman–Crippen MR) is 170 cm³/mol. The molecule has 1 atom stereocenters. The maximum Gasteiger partial charge on any atom is 0.324 e. The molecule has 0 spiro atoms. The summed E-state index contributed by atoms with van der Waals surface area (Å²) >= 11 is 6.15. The molecule has 2 aromatic rings. The van der Waals surface area contributed by atoms with E-state index in [0.29, 0.717) is 36.3 Å². The van der Waals surface area contributed by atoms with Gasteiger partial charge in [-0.05, 0) is 54.7 Å². The summed E-state index contributed by atoms with van der Waals surface area (Å²) in [6.45, 7) is 5.61. The average Bonchev–Trinajstić information content (AvgIpc) is 2.92. The number of aryl methyl sites for hydroxylation is 2. The van der Waals surface area contributed by atoms with Crippen LogP contribution in [0, 0.1) is 12.7 Å². The number of hydrogen-bond donors (Lipinski definition) is 4. The number of amides is 3. The van der Waals surface area contributed by atoms with Crippen LogP contribution >= 0.6 is 20.8 Å². The second kappa shape index (κ2) is 17.1. The van der Waals surface area contributed by atoms with Gasteiger partial charge in [-0.15, -0.1) is 9.24 Å². The summed E-state index contributed by atoms with van der Waals surface area (Å²) in [5.41, 5.74) is 14.5. The Morgan fingerprint density at radius 3 is 2.60 bits per heavy atom. The van der Waals surface area contributed by atoms with E-state index in [2.05, 4.69) is 34.9 Å². The first-order chi connectivity index (χ1) is 20.0. The van der Waals surface area contributed by atoms with E-state index >= 15 is 0 Å². The highest BCUT2D eigenvalue weighted by Crippen LogP contribution is 2.31. The van der Waals surface area contributed by atoms with Crippen LogP contribution in [0.2, 0.25) is 5.02 Å². The number of amidine groups is 1. The molecule has 0 aliphatic rings. The Morgan fingerprint density at radius 1 is 1.24 bits per heavy atom. The van der Waals surface area contributed by atoms with Crippen LogP contribution in [-0.4, -0.2) is 49.1 Å². The lowest BCUT2D eigenvalue weighted by atomic mass is 10.0. The number of halogens is 2. The summed E-state index contributed by atoms with van der Waals surface area (Å²) in [6, 6.07) is 5.71. The van der Waals surface area contributed by atoms with Gasteiger partial charge in [0.2, 0.25) is 12.4 Å². The van der Waals surface area contributed by atoms with Crippen molar-refractivity contribution >= 4 is 62.4 Å². The number of ether oxygens (including phenoxy) is 1. The molecule has 2 aromatic carbocycles. The van der Waals surface area contributed by atoms with Crippen LogP contribution in [0.3, 0.4) is 0 Å². The fourth-order valence-corrected chi connectivity index (χ4v) is 4.16. The van der Waals surface area contributed by atoms with Gasteiger partial charge in [0.25, 0.3) is 0 Å². The molecule has 0 heterocycles. The number of benzene rings is 2. The van der Waals surface area contributed by atoms with E-state index in [-0.39, 0.29) is 41.1 Å². The zero-order valence-electron chi connectivity index (χ0n) is 24.1. The van der Waals surface area contributed by atoms with Crippen LogP contribution in [0.1, 0.15) is 43.4 Å². The normalized spacial score (nSPS) is 12.4. The van der Waals surface area contributed by atoms with Gasteiger partial charge in [0.05, 0.1) is 17.3 Å². The standard InChI is InChI=1S/C28H37ClFN8O3P/c1-5-7-19-9-17(3)23(41-25(32)8-6-2)12-22(19)36-27(35-16-39)37-28(40)38(14-24(31)34-15-33-4)13-18-10-20(29)26(42)21(30)11-18/h8-12,15-16H,5-7,13-14,32,42H2,1-4H3,(H2,31,33,34)(H2,35,36,37,39,40)/b25-8+. The van der Waals surface area contributed by atoms with E-state index in [1.54, 1.807) is 12.1 Å². The Bertz CT molecular complexity index is 1370. The SMILES string of the molecule is CC/C=C(\N)Oc1cc(N=C(NC=O)NC(=O)N(CC(N)=NC=NC)Cc2cc(F)c(P)c(Cl)c2)c(CCC)cc1C. The second-order valence-corrected chi connectivity index (χ2v) is 10.1. The highest BCUT2D eigenvalue weighted by molar-refractivity contribution is 7.28. The molecule has 14 heteroatoms. The molecule has 0 fully saturated rings. The lowest BCUT2D eigenvalue weighted by Gasteiger charge is -2.23. The monoisotopic (exact) mass is 618 g/mol. The Balaban J connectivity index is 2.50. The van der Waals surface area contributed by atoms with Gasteiger partial charge in [-0.25, -0.2) is 19.2 Å². The first-order valence-corrected chi connectivity index (χ1v) is 14.1. The van der Waals surface area contributed by atoms with Gasteiger partial charge in [-0.3, -0.25) is 20.4 Å². The summed E-state index contributed by atoms with van der Waals surface area (Å²) in [6.07, 6.45) is 5.56.